The van der Waals surface area contributed by atoms with Gasteiger partial charge >= 0.3 is 11.8 Å². The maximum Gasteiger partial charge on any atom is 0.312 e. The molecule has 3 amide bonds. The molecule has 0 radical (unpaired) electrons. The van der Waals surface area contributed by atoms with Gasteiger partial charge in [0.25, 0.3) is 0 Å². The lowest BCUT2D eigenvalue weighted by Crippen LogP contribution is -2.57. The van der Waals surface area contributed by atoms with E-state index in [1.807, 2.05) is 19.2 Å². The number of morpholine rings is 1. The van der Waals surface area contributed by atoms with E-state index in [-0.39, 0.29) is 18.5 Å². The number of rotatable bonds is 4. The summed E-state index contributed by atoms with van der Waals surface area (Å²) in [4.78, 5) is 46.0. The van der Waals surface area contributed by atoms with Gasteiger partial charge in [-0.1, -0.05) is 0 Å². The minimum absolute atomic E-state index is 0.0804. The molecule has 0 aromatic carbocycles. The first-order chi connectivity index (χ1) is 12.0. The van der Waals surface area contributed by atoms with Gasteiger partial charge in [-0.2, -0.15) is 0 Å². The Labute approximate surface area is 150 Å². The van der Waals surface area contributed by atoms with Gasteiger partial charge in [0.2, 0.25) is 5.91 Å². The van der Waals surface area contributed by atoms with Crippen LogP contribution >= 0.6 is 11.3 Å². The first kappa shape index (κ1) is 17.8. The van der Waals surface area contributed by atoms with Crippen LogP contribution in [0.15, 0.2) is 5.38 Å². The van der Waals surface area contributed by atoms with Gasteiger partial charge in [-0.3, -0.25) is 14.4 Å². The number of hydrogen-bond donors (Lipinski definition) is 0. The molecule has 0 spiro atoms. The second-order valence-corrected chi connectivity index (χ2v) is 7.01. The number of aromatic nitrogens is 1. The maximum absolute atomic E-state index is 12.8. The van der Waals surface area contributed by atoms with Crippen molar-refractivity contribution in [3.63, 3.8) is 0 Å². The third kappa shape index (κ3) is 3.67. The van der Waals surface area contributed by atoms with Crippen LogP contribution in [0.3, 0.4) is 0 Å². The predicted octanol–water partition coefficient (Wildman–Crippen LogP) is 0.0421. The number of nitrogens with zero attached hydrogens (tertiary/aromatic N) is 4. The van der Waals surface area contributed by atoms with E-state index in [0.717, 1.165) is 10.7 Å². The number of piperazine rings is 1. The van der Waals surface area contributed by atoms with Crippen molar-refractivity contribution in [2.24, 2.45) is 0 Å². The highest BCUT2D eigenvalue weighted by atomic mass is 32.1. The van der Waals surface area contributed by atoms with Crippen LogP contribution in [0, 0.1) is 6.92 Å². The average molecular weight is 366 g/mol. The smallest absolute Gasteiger partial charge is 0.312 e. The zero-order valence-corrected chi connectivity index (χ0v) is 15.3. The number of aryl methyl sites for hydroxylation is 1. The minimum Gasteiger partial charge on any atom is -0.377 e. The lowest BCUT2D eigenvalue weighted by Gasteiger charge is -2.37. The molecule has 1 atom stereocenters. The summed E-state index contributed by atoms with van der Waals surface area (Å²) in [5.74, 6) is -1.31. The average Bonchev–Trinajstić information content (AvgIpc) is 3.05. The van der Waals surface area contributed by atoms with E-state index in [1.165, 1.54) is 21.1 Å². The molecule has 1 aromatic rings. The Morgan fingerprint density at radius 1 is 1.28 bits per heavy atom. The number of likely N-dealkylation sites (N-methyl/N-ethyl adjacent to an activating group) is 1. The van der Waals surface area contributed by atoms with Crippen molar-refractivity contribution in [1.29, 1.82) is 0 Å². The number of ether oxygens (including phenoxy) is 1. The number of carbonyl (C=O) groups excluding carboxylic acids is 3. The lowest BCUT2D eigenvalue weighted by molar-refractivity contribution is -0.158. The van der Waals surface area contributed by atoms with Crippen molar-refractivity contribution >= 4 is 29.1 Å². The van der Waals surface area contributed by atoms with Gasteiger partial charge in [0.05, 0.1) is 13.2 Å². The Bertz CT molecular complexity index is 677. The molecule has 136 valence electrons. The molecule has 2 saturated heterocycles. The lowest BCUT2D eigenvalue weighted by atomic mass is 10.2. The fourth-order valence-corrected chi connectivity index (χ4v) is 3.95. The topological polar surface area (TPSA) is 83.0 Å². The number of amides is 3. The highest BCUT2D eigenvalue weighted by Crippen LogP contribution is 2.27. The van der Waals surface area contributed by atoms with Crippen molar-refractivity contribution < 1.29 is 19.1 Å². The van der Waals surface area contributed by atoms with Gasteiger partial charge in [0, 0.05) is 37.3 Å². The Morgan fingerprint density at radius 3 is 2.68 bits per heavy atom. The van der Waals surface area contributed by atoms with E-state index < -0.39 is 11.8 Å². The predicted molar refractivity (Wildman–Crippen MR) is 91.0 cm³/mol. The van der Waals surface area contributed by atoms with Crippen LogP contribution in [0.25, 0.3) is 0 Å². The number of thiazole rings is 1. The highest BCUT2D eigenvalue weighted by molar-refractivity contribution is 7.09. The molecule has 1 aromatic heterocycles. The van der Waals surface area contributed by atoms with Gasteiger partial charge in [-0.25, -0.2) is 4.98 Å². The molecule has 0 bridgehead atoms. The van der Waals surface area contributed by atoms with E-state index in [4.69, 9.17) is 4.74 Å². The van der Waals surface area contributed by atoms with Crippen LogP contribution in [0.5, 0.6) is 0 Å². The number of carbonyl (C=O) groups is 3. The third-order valence-corrected chi connectivity index (χ3v) is 5.54. The summed E-state index contributed by atoms with van der Waals surface area (Å²) in [6, 6.07) is -0.234. The van der Waals surface area contributed by atoms with E-state index in [0.29, 0.717) is 39.4 Å². The molecule has 9 heteroatoms. The third-order valence-electron chi connectivity index (χ3n) is 4.48. The Hall–Kier alpha value is -2.00. The standard InChI is InChI=1S/C16H22N4O4S/c1-3-18-4-5-19(16(23)15(18)22)8-13(21)20-6-7-24-9-12(20)14-17-11(2)10-25-14/h10,12H,3-9H2,1-2H3. The van der Waals surface area contributed by atoms with Gasteiger partial charge in [0.1, 0.15) is 17.6 Å². The van der Waals surface area contributed by atoms with E-state index in [9.17, 15) is 14.4 Å². The second-order valence-electron chi connectivity index (χ2n) is 6.12. The monoisotopic (exact) mass is 366 g/mol. The quantitative estimate of drug-likeness (QED) is 0.703. The van der Waals surface area contributed by atoms with Crippen LogP contribution in [0.2, 0.25) is 0 Å². The molecule has 8 nitrogen and oxygen atoms in total. The largest absolute Gasteiger partial charge is 0.377 e. The maximum atomic E-state index is 12.8. The summed E-state index contributed by atoms with van der Waals surface area (Å²) in [6.07, 6.45) is 0. The van der Waals surface area contributed by atoms with Crippen LogP contribution in [-0.2, 0) is 19.1 Å². The molecule has 0 saturated carbocycles. The SMILES string of the molecule is CCN1CCN(CC(=O)N2CCOCC2c2nc(C)cs2)C(=O)C1=O. The normalized spacial score (nSPS) is 21.8. The van der Waals surface area contributed by atoms with Crippen LogP contribution in [-0.4, -0.2) is 83.3 Å². The zero-order chi connectivity index (χ0) is 18.0. The van der Waals surface area contributed by atoms with Crippen molar-refractivity contribution in [1.82, 2.24) is 19.7 Å². The molecule has 0 N–H and O–H groups in total. The molecule has 3 rings (SSSR count). The molecule has 1 unspecified atom stereocenters. The van der Waals surface area contributed by atoms with Crippen molar-refractivity contribution in [2.45, 2.75) is 19.9 Å². The van der Waals surface area contributed by atoms with Crippen LogP contribution in [0.1, 0.15) is 23.7 Å². The fourth-order valence-electron chi connectivity index (χ4n) is 3.05. The first-order valence-electron chi connectivity index (χ1n) is 8.38. The Balaban J connectivity index is 1.69. The van der Waals surface area contributed by atoms with Crippen LogP contribution in [0.4, 0.5) is 0 Å². The fraction of sp³-hybridized carbons (Fsp3) is 0.625. The molecular formula is C16H22N4O4S. The summed E-state index contributed by atoms with van der Waals surface area (Å²) in [5.41, 5.74) is 0.912. The molecule has 0 aliphatic carbocycles. The summed E-state index contributed by atoms with van der Waals surface area (Å²) in [7, 11) is 0. The molecule has 2 aliphatic heterocycles. The summed E-state index contributed by atoms with van der Waals surface area (Å²) >= 11 is 1.50. The van der Waals surface area contributed by atoms with Crippen molar-refractivity contribution in [3.8, 4) is 0 Å². The summed E-state index contributed by atoms with van der Waals surface area (Å²) < 4.78 is 5.51. The molecule has 2 fully saturated rings. The van der Waals surface area contributed by atoms with Gasteiger partial charge in [-0.05, 0) is 13.8 Å². The first-order valence-corrected chi connectivity index (χ1v) is 9.26. The van der Waals surface area contributed by atoms with Gasteiger partial charge in [0.15, 0.2) is 0 Å². The molecule has 25 heavy (non-hydrogen) atoms. The van der Waals surface area contributed by atoms with E-state index >= 15 is 0 Å². The summed E-state index contributed by atoms with van der Waals surface area (Å²) in [6.45, 7) is 6.33. The van der Waals surface area contributed by atoms with Crippen molar-refractivity contribution in [3.05, 3.63) is 16.1 Å². The van der Waals surface area contributed by atoms with Crippen LogP contribution < -0.4 is 0 Å². The molecule has 2 aliphatic rings. The highest BCUT2D eigenvalue weighted by Gasteiger charge is 2.36. The van der Waals surface area contributed by atoms with Gasteiger partial charge in [-0.15, -0.1) is 11.3 Å². The van der Waals surface area contributed by atoms with Crippen molar-refractivity contribution in [2.75, 3.05) is 45.9 Å². The summed E-state index contributed by atoms with van der Waals surface area (Å²) in [5, 5.41) is 2.78. The second kappa shape index (κ2) is 7.49. The van der Waals surface area contributed by atoms with E-state index in [2.05, 4.69) is 4.98 Å². The van der Waals surface area contributed by atoms with E-state index in [1.54, 1.807) is 4.90 Å². The Morgan fingerprint density at radius 2 is 2.00 bits per heavy atom. The number of hydrogen-bond acceptors (Lipinski definition) is 6. The molecular weight excluding hydrogens is 344 g/mol. The Kier molecular flexibility index (Phi) is 5.33. The zero-order valence-electron chi connectivity index (χ0n) is 14.4. The molecule has 3 heterocycles. The minimum atomic E-state index is -0.601. The van der Waals surface area contributed by atoms with Gasteiger partial charge < -0.3 is 19.4 Å².